The molecule has 4 heteroatoms. The van der Waals surface area contributed by atoms with Crippen LogP contribution in [0.2, 0.25) is 0 Å². The predicted molar refractivity (Wildman–Crippen MR) is 58.5 cm³/mol. The summed E-state index contributed by atoms with van der Waals surface area (Å²) >= 11 is 0. The standard InChI is InChI=1S/C12H15NO3/c1-16-12(15)9-6-10(13-11(14)7-9)8-4-2-3-5-8/h6-8H,2-5H2,1H3,(H,13,14). The van der Waals surface area contributed by atoms with Gasteiger partial charge in [0.2, 0.25) is 5.88 Å². The molecule has 0 radical (unpaired) electrons. The average molecular weight is 221 g/mol. The smallest absolute Gasteiger partial charge is 0.338 e. The summed E-state index contributed by atoms with van der Waals surface area (Å²) < 4.78 is 4.63. The molecule has 1 aromatic rings. The summed E-state index contributed by atoms with van der Waals surface area (Å²) in [5.74, 6) is -0.169. The van der Waals surface area contributed by atoms with Crippen molar-refractivity contribution in [3.63, 3.8) is 0 Å². The molecule has 16 heavy (non-hydrogen) atoms. The molecule has 1 N–H and O–H groups in total. The Morgan fingerprint density at radius 2 is 2.12 bits per heavy atom. The van der Waals surface area contributed by atoms with Gasteiger partial charge < -0.3 is 9.84 Å². The number of aromatic hydroxyl groups is 1. The van der Waals surface area contributed by atoms with E-state index in [0.717, 1.165) is 18.5 Å². The maximum Gasteiger partial charge on any atom is 0.338 e. The molecule has 1 aliphatic carbocycles. The Labute approximate surface area is 94.3 Å². The van der Waals surface area contributed by atoms with Crippen LogP contribution >= 0.6 is 0 Å². The Hall–Kier alpha value is -1.58. The summed E-state index contributed by atoms with van der Waals surface area (Å²) in [6, 6.07) is 3.06. The van der Waals surface area contributed by atoms with Crippen LogP contribution in [0.25, 0.3) is 0 Å². The summed E-state index contributed by atoms with van der Waals surface area (Å²) in [6.07, 6.45) is 4.54. The highest BCUT2D eigenvalue weighted by atomic mass is 16.5. The predicted octanol–water partition coefficient (Wildman–Crippen LogP) is 2.23. The second-order valence-corrected chi connectivity index (χ2v) is 4.11. The third kappa shape index (κ3) is 2.15. The van der Waals surface area contributed by atoms with Gasteiger partial charge in [0, 0.05) is 17.7 Å². The Balaban J connectivity index is 2.31. The van der Waals surface area contributed by atoms with Gasteiger partial charge in [-0.05, 0) is 18.9 Å². The Bertz CT molecular complexity index is 397. The van der Waals surface area contributed by atoms with Gasteiger partial charge in [-0.25, -0.2) is 9.78 Å². The summed E-state index contributed by atoms with van der Waals surface area (Å²) in [7, 11) is 1.33. The minimum Gasteiger partial charge on any atom is -0.493 e. The van der Waals surface area contributed by atoms with Crippen LogP contribution in [0, 0.1) is 0 Å². The number of ether oxygens (including phenoxy) is 1. The topological polar surface area (TPSA) is 59.4 Å². The van der Waals surface area contributed by atoms with Crippen LogP contribution in [0.1, 0.15) is 47.7 Å². The highest BCUT2D eigenvalue weighted by Gasteiger charge is 2.20. The summed E-state index contributed by atoms with van der Waals surface area (Å²) in [4.78, 5) is 15.5. The minimum atomic E-state index is -0.433. The van der Waals surface area contributed by atoms with E-state index in [1.165, 1.54) is 26.0 Å². The second-order valence-electron chi connectivity index (χ2n) is 4.11. The summed E-state index contributed by atoms with van der Waals surface area (Å²) in [5, 5.41) is 9.48. The number of hydrogen-bond donors (Lipinski definition) is 1. The molecule has 1 fully saturated rings. The monoisotopic (exact) mass is 221 g/mol. The first kappa shape index (κ1) is 10.9. The molecular formula is C12H15NO3. The lowest BCUT2D eigenvalue weighted by molar-refractivity contribution is 0.0600. The molecule has 4 nitrogen and oxygen atoms in total. The first-order chi connectivity index (χ1) is 7.70. The highest BCUT2D eigenvalue weighted by Crippen LogP contribution is 2.34. The molecule has 0 spiro atoms. The number of pyridine rings is 1. The number of carbonyl (C=O) groups is 1. The Morgan fingerprint density at radius 1 is 1.44 bits per heavy atom. The number of methoxy groups -OCH3 is 1. The lowest BCUT2D eigenvalue weighted by Gasteiger charge is -2.10. The fraction of sp³-hybridized carbons (Fsp3) is 0.500. The molecule has 0 bridgehead atoms. The molecule has 0 saturated heterocycles. The first-order valence-electron chi connectivity index (χ1n) is 5.50. The number of nitrogens with zero attached hydrogens (tertiary/aromatic N) is 1. The normalized spacial score (nSPS) is 16.3. The van der Waals surface area contributed by atoms with E-state index >= 15 is 0 Å². The van der Waals surface area contributed by atoms with E-state index in [9.17, 15) is 9.90 Å². The molecule has 0 aliphatic heterocycles. The lowest BCUT2D eigenvalue weighted by Crippen LogP contribution is -2.05. The van der Waals surface area contributed by atoms with Crippen molar-refractivity contribution < 1.29 is 14.6 Å². The van der Waals surface area contributed by atoms with E-state index in [4.69, 9.17) is 0 Å². The number of aromatic nitrogens is 1. The number of rotatable bonds is 2. The number of hydrogen-bond acceptors (Lipinski definition) is 4. The molecule has 0 aromatic carbocycles. The molecular weight excluding hydrogens is 206 g/mol. The van der Waals surface area contributed by atoms with Gasteiger partial charge in [-0.3, -0.25) is 0 Å². The van der Waals surface area contributed by atoms with Gasteiger partial charge in [0.25, 0.3) is 0 Å². The van der Waals surface area contributed by atoms with Gasteiger partial charge in [-0.15, -0.1) is 0 Å². The van der Waals surface area contributed by atoms with E-state index < -0.39 is 5.97 Å². The van der Waals surface area contributed by atoms with Crippen LogP contribution < -0.4 is 0 Å². The SMILES string of the molecule is COC(=O)c1cc(O)nc(C2CCCC2)c1. The van der Waals surface area contributed by atoms with Crippen molar-refractivity contribution in [1.82, 2.24) is 4.98 Å². The minimum absolute atomic E-state index is 0.107. The third-order valence-corrected chi connectivity index (χ3v) is 3.03. The quantitative estimate of drug-likeness (QED) is 0.778. The largest absolute Gasteiger partial charge is 0.493 e. The van der Waals surface area contributed by atoms with Crippen LogP contribution in [0.4, 0.5) is 0 Å². The number of esters is 1. The van der Waals surface area contributed by atoms with Crippen molar-refractivity contribution in [1.29, 1.82) is 0 Å². The summed E-state index contributed by atoms with van der Waals surface area (Å²) in [5.41, 5.74) is 1.18. The van der Waals surface area contributed by atoms with Crippen LogP contribution in [0.15, 0.2) is 12.1 Å². The van der Waals surface area contributed by atoms with Crippen molar-refractivity contribution in [3.8, 4) is 5.88 Å². The van der Waals surface area contributed by atoms with Crippen molar-refractivity contribution in [2.75, 3.05) is 7.11 Å². The van der Waals surface area contributed by atoms with Gasteiger partial charge in [-0.2, -0.15) is 0 Å². The molecule has 86 valence electrons. The molecule has 1 saturated carbocycles. The first-order valence-corrected chi connectivity index (χ1v) is 5.50. The third-order valence-electron chi connectivity index (χ3n) is 3.03. The molecule has 1 aromatic heterocycles. The second kappa shape index (κ2) is 4.51. The molecule has 0 atom stereocenters. The zero-order valence-corrected chi connectivity index (χ0v) is 9.27. The van der Waals surface area contributed by atoms with Crippen molar-refractivity contribution in [3.05, 3.63) is 23.4 Å². The van der Waals surface area contributed by atoms with E-state index in [1.807, 2.05) is 0 Å². The fourth-order valence-corrected chi connectivity index (χ4v) is 2.20. The van der Waals surface area contributed by atoms with Gasteiger partial charge in [0.15, 0.2) is 0 Å². The highest BCUT2D eigenvalue weighted by molar-refractivity contribution is 5.89. The van der Waals surface area contributed by atoms with Gasteiger partial charge in [0.1, 0.15) is 0 Å². The van der Waals surface area contributed by atoms with E-state index in [0.29, 0.717) is 11.5 Å². The van der Waals surface area contributed by atoms with Crippen molar-refractivity contribution in [2.45, 2.75) is 31.6 Å². The van der Waals surface area contributed by atoms with E-state index in [1.54, 1.807) is 6.07 Å². The maximum absolute atomic E-state index is 11.4. The van der Waals surface area contributed by atoms with E-state index in [2.05, 4.69) is 9.72 Å². The van der Waals surface area contributed by atoms with Crippen LogP contribution in [0.3, 0.4) is 0 Å². The van der Waals surface area contributed by atoms with Crippen LogP contribution in [0.5, 0.6) is 5.88 Å². The Morgan fingerprint density at radius 3 is 2.75 bits per heavy atom. The zero-order chi connectivity index (χ0) is 11.5. The van der Waals surface area contributed by atoms with Crippen molar-refractivity contribution >= 4 is 5.97 Å². The Kier molecular flexibility index (Phi) is 3.08. The summed E-state index contributed by atoms with van der Waals surface area (Å²) in [6.45, 7) is 0. The lowest BCUT2D eigenvalue weighted by atomic mass is 10.0. The zero-order valence-electron chi connectivity index (χ0n) is 9.27. The van der Waals surface area contributed by atoms with E-state index in [-0.39, 0.29) is 5.88 Å². The van der Waals surface area contributed by atoms with Gasteiger partial charge in [0.05, 0.1) is 12.7 Å². The molecule has 2 rings (SSSR count). The van der Waals surface area contributed by atoms with Gasteiger partial charge in [-0.1, -0.05) is 12.8 Å². The molecule has 0 amide bonds. The number of carbonyl (C=O) groups excluding carboxylic acids is 1. The molecule has 0 unspecified atom stereocenters. The molecule has 1 aliphatic rings. The maximum atomic E-state index is 11.4. The van der Waals surface area contributed by atoms with Crippen molar-refractivity contribution in [2.24, 2.45) is 0 Å². The van der Waals surface area contributed by atoms with Crippen LogP contribution in [-0.4, -0.2) is 23.2 Å². The van der Waals surface area contributed by atoms with Gasteiger partial charge >= 0.3 is 5.97 Å². The average Bonchev–Trinajstić information content (AvgIpc) is 2.80. The fourth-order valence-electron chi connectivity index (χ4n) is 2.20. The molecule has 1 heterocycles. The van der Waals surface area contributed by atoms with Crippen LogP contribution in [-0.2, 0) is 4.74 Å².